The summed E-state index contributed by atoms with van der Waals surface area (Å²) in [6.07, 6.45) is 0.194. The first-order chi connectivity index (χ1) is 12.6. The maximum Gasteiger partial charge on any atom is 0.407 e. The Kier molecular flexibility index (Phi) is 8.78. The molecule has 2 N–H and O–H groups in total. The van der Waals surface area contributed by atoms with Crippen molar-refractivity contribution >= 4 is 18.0 Å². The zero-order valence-corrected chi connectivity index (χ0v) is 16.4. The zero-order chi connectivity index (χ0) is 20.4. The lowest BCUT2D eigenvalue weighted by Gasteiger charge is -2.20. The maximum atomic E-state index is 12.2. The molecule has 7 heteroatoms. The number of rotatable bonds is 9. The highest BCUT2D eigenvalue weighted by Gasteiger charge is 2.29. The molecule has 0 saturated heterocycles. The van der Waals surface area contributed by atoms with E-state index in [1.807, 2.05) is 30.3 Å². The second kappa shape index (κ2) is 10.5. The molecule has 0 heterocycles. The van der Waals surface area contributed by atoms with E-state index >= 15 is 0 Å². The lowest BCUT2D eigenvalue weighted by molar-refractivity contribution is -0.162. The van der Waals surface area contributed by atoms with E-state index in [0.717, 1.165) is 12.0 Å². The smallest absolute Gasteiger partial charge is 0.407 e. The minimum absolute atomic E-state index is 0.000619. The average molecular weight is 379 g/mol. The summed E-state index contributed by atoms with van der Waals surface area (Å²) >= 11 is 0. The summed E-state index contributed by atoms with van der Waals surface area (Å²) < 4.78 is 10.3. The summed E-state index contributed by atoms with van der Waals surface area (Å²) in [6, 6.07) is 9.76. The molecule has 0 aliphatic heterocycles. The molecule has 27 heavy (non-hydrogen) atoms. The minimum Gasteiger partial charge on any atom is -0.481 e. The number of aryl methyl sites for hydroxylation is 1. The van der Waals surface area contributed by atoms with Gasteiger partial charge in [0.05, 0.1) is 6.10 Å². The fourth-order valence-electron chi connectivity index (χ4n) is 2.33. The van der Waals surface area contributed by atoms with Crippen LogP contribution < -0.4 is 5.32 Å². The third-order valence-corrected chi connectivity index (χ3v) is 3.68. The first-order valence-corrected chi connectivity index (χ1v) is 9.02. The zero-order valence-electron chi connectivity index (χ0n) is 16.4. The first kappa shape index (κ1) is 22.5. The van der Waals surface area contributed by atoms with Gasteiger partial charge in [-0.25, -0.2) is 4.79 Å². The number of aliphatic carboxylic acids is 1. The van der Waals surface area contributed by atoms with Crippen molar-refractivity contribution < 1.29 is 29.0 Å². The maximum absolute atomic E-state index is 12.2. The third kappa shape index (κ3) is 9.63. The Balaban J connectivity index is 2.43. The molecule has 1 amide bonds. The number of carboxylic acid groups (broad SMARTS) is 1. The van der Waals surface area contributed by atoms with Crippen LogP contribution >= 0.6 is 0 Å². The summed E-state index contributed by atoms with van der Waals surface area (Å²) in [7, 11) is 0. The van der Waals surface area contributed by atoms with Crippen LogP contribution in [0, 0.1) is 5.92 Å². The van der Waals surface area contributed by atoms with Crippen LogP contribution in [0.25, 0.3) is 0 Å². The van der Waals surface area contributed by atoms with Crippen molar-refractivity contribution in [3.8, 4) is 0 Å². The number of alkyl carbamates (subject to hydrolysis) is 1. The molecule has 0 radical (unpaired) electrons. The second-order valence-corrected chi connectivity index (χ2v) is 7.38. The van der Waals surface area contributed by atoms with Crippen LogP contribution in [0.1, 0.15) is 46.1 Å². The van der Waals surface area contributed by atoms with Gasteiger partial charge in [-0.1, -0.05) is 30.3 Å². The van der Waals surface area contributed by atoms with Gasteiger partial charge in [0, 0.05) is 6.54 Å². The van der Waals surface area contributed by atoms with E-state index in [1.54, 1.807) is 27.7 Å². The lowest BCUT2D eigenvalue weighted by atomic mass is 10.1. The molecule has 7 nitrogen and oxygen atoms in total. The summed E-state index contributed by atoms with van der Waals surface area (Å²) in [5.41, 5.74) is 0.473. The Hall–Kier alpha value is -2.57. The molecule has 150 valence electrons. The fraction of sp³-hybridized carbons (Fsp3) is 0.550. The van der Waals surface area contributed by atoms with Crippen molar-refractivity contribution in [1.82, 2.24) is 5.32 Å². The summed E-state index contributed by atoms with van der Waals surface area (Å²) in [5.74, 6) is -3.41. The van der Waals surface area contributed by atoms with Crippen LogP contribution in [0.2, 0.25) is 0 Å². The van der Waals surface area contributed by atoms with Gasteiger partial charge in [-0.2, -0.15) is 0 Å². The number of esters is 1. The molecule has 0 aliphatic rings. The average Bonchev–Trinajstić information content (AvgIpc) is 2.55. The van der Waals surface area contributed by atoms with Crippen molar-refractivity contribution in [2.45, 2.75) is 58.7 Å². The van der Waals surface area contributed by atoms with Crippen LogP contribution in [0.15, 0.2) is 30.3 Å². The van der Waals surface area contributed by atoms with Gasteiger partial charge in [-0.05, 0) is 52.5 Å². The molecule has 0 spiro atoms. The van der Waals surface area contributed by atoms with Crippen LogP contribution in [-0.4, -0.2) is 41.4 Å². The van der Waals surface area contributed by atoms with Gasteiger partial charge in [-0.15, -0.1) is 0 Å². The Morgan fingerprint density at radius 3 is 2.30 bits per heavy atom. The van der Waals surface area contributed by atoms with E-state index < -0.39 is 35.7 Å². The first-order valence-electron chi connectivity index (χ1n) is 9.02. The third-order valence-electron chi connectivity index (χ3n) is 3.68. The van der Waals surface area contributed by atoms with Gasteiger partial charge in [0.15, 0.2) is 5.92 Å². The number of hydrogen-bond acceptors (Lipinski definition) is 5. The van der Waals surface area contributed by atoms with E-state index in [2.05, 4.69) is 5.32 Å². The normalized spacial score (nSPS) is 13.3. The largest absolute Gasteiger partial charge is 0.481 e. The molecule has 1 rings (SSSR count). The predicted octanol–water partition coefficient (Wildman–Crippen LogP) is 3.17. The molecule has 2 unspecified atom stereocenters. The molecule has 0 bridgehead atoms. The molecular formula is C20H29NO6. The lowest BCUT2D eigenvalue weighted by Crippen LogP contribution is -2.36. The highest BCUT2D eigenvalue weighted by atomic mass is 16.6. The number of amides is 1. The number of hydrogen-bond donors (Lipinski definition) is 2. The minimum atomic E-state index is -1.33. The van der Waals surface area contributed by atoms with Crippen molar-refractivity contribution in [3.63, 3.8) is 0 Å². The van der Waals surface area contributed by atoms with Crippen molar-refractivity contribution in [1.29, 1.82) is 0 Å². The summed E-state index contributed by atoms with van der Waals surface area (Å²) in [5, 5.41) is 11.7. The van der Waals surface area contributed by atoms with E-state index in [9.17, 15) is 19.5 Å². The number of ether oxygens (including phenoxy) is 2. The van der Waals surface area contributed by atoms with Crippen molar-refractivity contribution in [3.05, 3.63) is 35.9 Å². The van der Waals surface area contributed by atoms with E-state index in [1.165, 1.54) is 0 Å². The van der Waals surface area contributed by atoms with Crippen LogP contribution in [-0.2, 0) is 25.5 Å². The molecule has 2 atom stereocenters. The van der Waals surface area contributed by atoms with Crippen LogP contribution in [0.5, 0.6) is 0 Å². The number of carbonyl (C=O) groups excluding carboxylic acids is 2. The van der Waals surface area contributed by atoms with Gasteiger partial charge in [0.2, 0.25) is 0 Å². The van der Waals surface area contributed by atoms with Gasteiger partial charge < -0.3 is 19.9 Å². The van der Waals surface area contributed by atoms with Gasteiger partial charge >= 0.3 is 18.0 Å². The number of carbonyl (C=O) groups is 3. The standard InChI is InChI=1S/C20H29NO6/c1-14(10-11-15-8-6-5-7-9-15)26-18(24)16(17(22)23)12-13-21-19(25)27-20(2,3)4/h5-9,14,16H,10-13H2,1-4H3,(H,21,25)(H,22,23). The van der Waals surface area contributed by atoms with Gasteiger partial charge in [0.25, 0.3) is 0 Å². The second-order valence-electron chi connectivity index (χ2n) is 7.38. The SMILES string of the molecule is CC(CCc1ccccc1)OC(=O)C(CCNC(=O)OC(C)(C)C)C(=O)O. The van der Waals surface area contributed by atoms with E-state index in [0.29, 0.717) is 6.42 Å². The highest BCUT2D eigenvalue weighted by Crippen LogP contribution is 2.12. The molecular weight excluding hydrogens is 350 g/mol. The Morgan fingerprint density at radius 1 is 1.11 bits per heavy atom. The predicted molar refractivity (Wildman–Crippen MR) is 100 cm³/mol. The summed E-state index contributed by atoms with van der Waals surface area (Å²) in [6.45, 7) is 6.90. The highest BCUT2D eigenvalue weighted by molar-refractivity contribution is 5.94. The molecule has 1 aromatic rings. The van der Waals surface area contributed by atoms with Crippen molar-refractivity contribution in [2.75, 3.05) is 6.54 Å². The number of benzene rings is 1. The molecule has 1 aromatic carbocycles. The van der Waals surface area contributed by atoms with Gasteiger partial charge in [-0.3, -0.25) is 9.59 Å². The topological polar surface area (TPSA) is 102 Å². The molecule has 0 fully saturated rings. The molecule has 0 saturated carbocycles. The molecule has 0 aromatic heterocycles. The van der Waals surface area contributed by atoms with E-state index in [-0.39, 0.29) is 13.0 Å². The van der Waals surface area contributed by atoms with E-state index in [4.69, 9.17) is 9.47 Å². The Morgan fingerprint density at radius 2 is 1.74 bits per heavy atom. The fourth-order valence-corrected chi connectivity index (χ4v) is 2.33. The van der Waals surface area contributed by atoms with Crippen molar-refractivity contribution in [2.24, 2.45) is 5.92 Å². The monoisotopic (exact) mass is 379 g/mol. The number of carboxylic acids is 1. The Labute approximate surface area is 160 Å². The quantitative estimate of drug-likeness (QED) is 0.505. The van der Waals surface area contributed by atoms with Crippen LogP contribution in [0.4, 0.5) is 4.79 Å². The summed E-state index contributed by atoms with van der Waals surface area (Å²) in [4.78, 5) is 35.1. The van der Waals surface area contributed by atoms with Gasteiger partial charge in [0.1, 0.15) is 5.60 Å². The number of nitrogens with one attached hydrogen (secondary N) is 1. The molecule has 0 aliphatic carbocycles. The Bertz CT molecular complexity index is 623. The van der Waals surface area contributed by atoms with Crippen LogP contribution in [0.3, 0.4) is 0 Å².